The predicted molar refractivity (Wildman–Crippen MR) is 83.1 cm³/mol. The number of carbonyl (C=O) groups is 1. The van der Waals surface area contributed by atoms with Gasteiger partial charge in [0.25, 0.3) is 5.91 Å². The molecule has 0 bridgehead atoms. The molecule has 1 aromatic carbocycles. The average Bonchev–Trinajstić information content (AvgIpc) is 2.92. The van der Waals surface area contributed by atoms with E-state index in [4.69, 9.17) is 17.3 Å². The maximum absolute atomic E-state index is 12.5. The summed E-state index contributed by atoms with van der Waals surface area (Å²) >= 11 is 5.98. The normalized spacial score (nSPS) is 18.8. The Morgan fingerprint density at radius 2 is 2.15 bits per heavy atom. The SMILES string of the molecule is CCN(CC)C1CCN(C(=O)c2cccc(Cl)c2N)C1. The van der Waals surface area contributed by atoms with Crippen LogP contribution in [-0.4, -0.2) is 47.9 Å². The van der Waals surface area contributed by atoms with Crippen molar-refractivity contribution in [1.29, 1.82) is 0 Å². The van der Waals surface area contributed by atoms with E-state index in [-0.39, 0.29) is 5.91 Å². The molecule has 1 unspecified atom stereocenters. The molecule has 1 aromatic rings. The van der Waals surface area contributed by atoms with Crippen LogP contribution in [-0.2, 0) is 0 Å². The molecule has 110 valence electrons. The van der Waals surface area contributed by atoms with E-state index < -0.39 is 0 Å². The first kappa shape index (κ1) is 15.1. The molecule has 0 radical (unpaired) electrons. The largest absolute Gasteiger partial charge is 0.397 e. The summed E-state index contributed by atoms with van der Waals surface area (Å²) in [6.45, 7) is 7.90. The maximum Gasteiger partial charge on any atom is 0.256 e. The molecule has 1 fully saturated rings. The summed E-state index contributed by atoms with van der Waals surface area (Å²) < 4.78 is 0. The molecule has 20 heavy (non-hydrogen) atoms. The number of likely N-dealkylation sites (tertiary alicyclic amines) is 1. The molecule has 2 rings (SSSR count). The van der Waals surface area contributed by atoms with Crippen molar-refractivity contribution in [3.05, 3.63) is 28.8 Å². The Labute approximate surface area is 125 Å². The fourth-order valence-corrected chi connectivity index (χ4v) is 3.03. The highest BCUT2D eigenvalue weighted by atomic mass is 35.5. The monoisotopic (exact) mass is 295 g/mol. The van der Waals surface area contributed by atoms with E-state index in [9.17, 15) is 4.79 Å². The molecule has 0 aromatic heterocycles. The first-order valence-electron chi connectivity index (χ1n) is 7.15. The molecule has 1 atom stereocenters. The number of nitrogens with two attached hydrogens (primary N) is 1. The van der Waals surface area contributed by atoms with Crippen LogP contribution in [0.3, 0.4) is 0 Å². The van der Waals surface area contributed by atoms with Crippen molar-refractivity contribution in [3.63, 3.8) is 0 Å². The number of amides is 1. The topological polar surface area (TPSA) is 49.6 Å². The van der Waals surface area contributed by atoms with Gasteiger partial charge in [-0.2, -0.15) is 0 Å². The van der Waals surface area contributed by atoms with Gasteiger partial charge in [0.15, 0.2) is 0 Å². The van der Waals surface area contributed by atoms with Crippen LogP contribution in [0.25, 0.3) is 0 Å². The molecule has 1 saturated heterocycles. The Balaban J connectivity index is 2.10. The van der Waals surface area contributed by atoms with Crippen molar-refractivity contribution in [2.45, 2.75) is 26.3 Å². The Morgan fingerprint density at radius 1 is 1.45 bits per heavy atom. The zero-order valence-electron chi connectivity index (χ0n) is 12.1. The lowest BCUT2D eigenvalue weighted by Gasteiger charge is -2.26. The third kappa shape index (κ3) is 2.91. The first-order valence-corrected chi connectivity index (χ1v) is 7.53. The van der Waals surface area contributed by atoms with Crippen molar-refractivity contribution in [1.82, 2.24) is 9.80 Å². The van der Waals surface area contributed by atoms with Gasteiger partial charge in [0.1, 0.15) is 0 Å². The Hall–Kier alpha value is -1.26. The zero-order valence-corrected chi connectivity index (χ0v) is 12.9. The Bertz CT molecular complexity index is 488. The number of anilines is 1. The number of likely N-dealkylation sites (N-methyl/N-ethyl adjacent to an activating group) is 1. The molecule has 5 heteroatoms. The fraction of sp³-hybridized carbons (Fsp3) is 0.533. The highest BCUT2D eigenvalue weighted by Gasteiger charge is 2.30. The van der Waals surface area contributed by atoms with E-state index in [0.717, 1.165) is 32.6 Å². The van der Waals surface area contributed by atoms with Crippen molar-refractivity contribution >= 4 is 23.2 Å². The van der Waals surface area contributed by atoms with Gasteiger partial charge in [0.2, 0.25) is 0 Å². The summed E-state index contributed by atoms with van der Waals surface area (Å²) in [6.07, 6.45) is 1.02. The molecule has 1 aliphatic heterocycles. The molecule has 2 N–H and O–H groups in total. The highest BCUT2D eigenvalue weighted by molar-refractivity contribution is 6.33. The number of benzene rings is 1. The number of para-hydroxylation sites is 1. The van der Waals surface area contributed by atoms with E-state index >= 15 is 0 Å². The second-order valence-electron chi connectivity index (χ2n) is 5.12. The van der Waals surface area contributed by atoms with Crippen molar-refractivity contribution < 1.29 is 4.79 Å². The molecule has 1 heterocycles. The minimum atomic E-state index is -0.0142. The van der Waals surface area contributed by atoms with Gasteiger partial charge in [0, 0.05) is 19.1 Å². The fourth-order valence-electron chi connectivity index (χ4n) is 2.86. The molecule has 0 saturated carbocycles. The second-order valence-corrected chi connectivity index (χ2v) is 5.52. The standard InChI is InChI=1S/C15H22ClN3O/c1-3-18(4-2)11-8-9-19(10-11)15(20)12-6-5-7-13(16)14(12)17/h5-7,11H,3-4,8-10,17H2,1-2H3. The molecule has 4 nitrogen and oxygen atoms in total. The van der Waals surface area contributed by atoms with E-state index in [2.05, 4.69) is 18.7 Å². The van der Waals surface area contributed by atoms with Gasteiger partial charge >= 0.3 is 0 Å². The van der Waals surface area contributed by atoms with Gasteiger partial charge in [-0.3, -0.25) is 9.69 Å². The minimum absolute atomic E-state index is 0.0142. The summed E-state index contributed by atoms with van der Waals surface area (Å²) in [5, 5.41) is 0.440. The summed E-state index contributed by atoms with van der Waals surface area (Å²) in [7, 11) is 0. The van der Waals surface area contributed by atoms with Gasteiger partial charge < -0.3 is 10.6 Å². The van der Waals surface area contributed by atoms with Crippen LogP contribution in [0, 0.1) is 0 Å². The van der Waals surface area contributed by atoms with Crippen LogP contribution in [0.2, 0.25) is 5.02 Å². The first-order chi connectivity index (χ1) is 9.58. The second kappa shape index (κ2) is 6.46. The molecule has 1 amide bonds. The molecule has 1 aliphatic rings. The lowest BCUT2D eigenvalue weighted by atomic mass is 10.1. The lowest BCUT2D eigenvalue weighted by Crippen LogP contribution is -2.38. The van der Waals surface area contributed by atoms with Crippen LogP contribution in [0.1, 0.15) is 30.6 Å². The number of carbonyl (C=O) groups excluding carboxylic acids is 1. The number of nitrogen functional groups attached to an aromatic ring is 1. The molecule has 0 spiro atoms. The smallest absolute Gasteiger partial charge is 0.256 e. The summed E-state index contributed by atoms with van der Waals surface area (Å²) in [5.41, 5.74) is 6.80. The Morgan fingerprint density at radius 3 is 2.80 bits per heavy atom. The van der Waals surface area contributed by atoms with E-state index in [1.54, 1.807) is 18.2 Å². The number of halogens is 1. The zero-order chi connectivity index (χ0) is 14.7. The number of hydrogen-bond acceptors (Lipinski definition) is 3. The molecule has 0 aliphatic carbocycles. The third-order valence-corrected chi connectivity index (χ3v) is 4.39. The maximum atomic E-state index is 12.5. The van der Waals surface area contributed by atoms with Gasteiger partial charge in [-0.15, -0.1) is 0 Å². The Kier molecular flexibility index (Phi) is 4.89. The summed E-state index contributed by atoms with van der Waals surface area (Å²) in [4.78, 5) is 16.8. The summed E-state index contributed by atoms with van der Waals surface area (Å²) in [6, 6.07) is 5.67. The van der Waals surface area contributed by atoms with Gasteiger partial charge in [-0.1, -0.05) is 31.5 Å². The van der Waals surface area contributed by atoms with Crippen molar-refractivity contribution in [3.8, 4) is 0 Å². The van der Waals surface area contributed by atoms with Crippen LogP contribution >= 0.6 is 11.6 Å². The van der Waals surface area contributed by atoms with E-state index in [1.807, 2.05) is 4.90 Å². The summed E-state index contributed by atoms with van der Waals surface area (Å²) in [5.74, 6) is -0.0142. The number of rotatable bonds is 4. The lowest BCUT2D eigenvalue weighted by molar-refractivity contribution is 0.0779. The predicted octanol–water partition coefficient (Wildman–Crippen LogP) is 2.48. The van der Waals surface area contributed by atoms with E-state index in [0.29, 0.717) is 22.3 Å². The number of hydrogen-bond donors (Lipinski definition) is 1. The van der Waals surface area contributed by atoms with Crippen LogP contribution < -0.4 is 5.73 Å². The van der Waals surface area contributed by atoms with Crippen LogP contribution in [0.5, 0.6) is 0 Å². The van der Waals surface area contributed by atoms with Crippen LogP contribution in [0.4, 0.5) is 5.69 Å². The van der Waals surface area contributed by atoms with Crippen molar-refractivity contribution in [2.24, 2.45) is 0 Å². The third-order valence-electron chi connectivity index (χ3n) is 4.06. The van der Waals surface area contributed by atoms with Gasteiger partial charge in [0.05, 0.1) is 16.3 Å². The molecular formula is C15H22ClN3O. The van der Waals surface area contributed by atoms with Crippen LogP contribution in [0.15, 0.2) is 18.2 Å². The quantitative estimate of drug-likeness (QED) is 0.868. The average molecular weight is 296 g/mol. The van der Waals surface area contributed by atoms with Gasteiger partial charge in [-0.05, 0) is 31.6 Å². The highest BCUT2D eigenvalue weighted by Crippen LogP contribution is 2.25. The minimum Gasteiger partial charge on any atom is -0.397 e. The van der Waals surface area contributed by atoms with E-state index in [1.165, 1.54) is 0 Å². The number of nitrogens with zero attached hydrogens (tertiary/aromatic N) is 2. The van der Waals surface area contributed by atoms with Gasteiger partial charge in [-0.25, -0.2) is 0 Å². The molecular weight excluding hydrogens is 274 g/mol. The van der Waals surface area contributed by atoms with Crippen molar-refractivity contribution in [2.75, 3.05) is 31.9 Å².